The van der Waals surface area contributed by atoms with Crippen LogP contribution in [0.4, 0.5) is 10.1 Å². The molecule has 25 heavy (non-hydrogen) atoms. The van der Waals surface area contributed by atoms with Crippen molar-refractivity contribution in [3.8, 4) is 5.75 Å². The molecule has 0 aliphatic carbocycles. The van der Waals surface area contributed by atoms with Crippen LogP contribution in [-0.4, -0.2) is 42.1 Å². The Morgan fingerprint density at radius 3 is 2.52 bits per heavy atom. The van der Waals surface area contributed by atoms with Crippen LogP contribution < -0.4 is 4.90 Å². The number of hydrogen-bond acceptors (Lipinski definition) is 3. The van der Waals surface area contributed by atoms with Crippen molar-refractivity contribution in [2.75, 3.05) is 31.1 Å². The fourth-order valence-electron chi connectivity index (χ4n) is 3.05. The van der Waals surface area contributed by atoms with Gasteiger partial charge in [0.25, 0.3) is 0 Å². The first-order chi connectivity index (χ1) is 12.0. The molecule has 4 nitrogen and oxygen atoms in total. The summed E-state index contributed by atoms with van der Waals surface area (Å²) in [5.74, 6) is 0.0128. The minimum Gasteiger partial charge on any atom is -0.506 e. The van der Waals surface area contributed by atoms with E-state index >= 15 is 0 Å². The number of anilines is 1. The summed E-state index contributed by atoms with van der Waals surface area (Å²) in [5.41, 5.74) is 1.36. The Hall–Kier alpha value is -2.08. The number of piperazine rings is 1. The minimum atomic E-state index is -0.286. The highest BCUT2D eigenvalue weighted by Gasteiger charge is 2.22. The zero-order valence-electron chi connectivity index (χ0n) is 13.8. The molecule has 1 saturated heterocycles. The normalized spacial score (nSPS) is 14.6. The van der Waals surface area contributed by atoms with Crippen molar-refractivity contribution >= 4 is 27.5 Å². The smallest absolute Gasteiger partial charge is 0.223 e. The number of rotatable bonds is 4. The van der Waals surface area contributed by atoms with Gasteiger partial charge in [-0.1, -0.05) is 34.1 Å². The first-order valence-corrected chi connectivity index (χ1v) is 9.08. The second-order valence-electron chi connectivity index (χ2n) is 6.09. The monoisotopic (exact) mass is 406 g/mol. The summed E-state index contributed by atoms with van der Waals surface area (Å²) in [4.78, 5) is 16.3. The lowest BCUT2D eigenvalue weighted by atomic mass is 10.1. The third-order valence-corrected chi connectivity index (χ3v) is 4.97. The van der Waals surface area contributed by atoms with E-state index in [1.807, 2.05) is 17.0 Å². The summed E-state index contributed by atoms with van der Waals surface area (Å²) in [6.45, 7) is 2.57. The maximum absolute atomic E-state index is 13.8. The molecular formula is C19H20BrFN2O2. The van der Waals surface area contributed by atoms with E-state index in [1.165, 1.54) is 6.07 Å². The van der Waals surface area contributed by atoms with Crippen LogP contribution >= 0.6 is 15.9 Å². The lowest BCUT2D eigenvalue weighted by molar-refractivity contribution is -0.131. The molecule has 1 N–H and O–H groups in total. The van der Waals surface area contributed by atoms with E-state index in [-0.39, 0.29) is 17.5 Å². The Morgan fingerprint density at radius 1 is 1.12 bits per heavy atom. The van der Waals surface area contributed by atoms with Gasteiger partial charge in [-0.3, -0.25) is 4.79 Å². The number of phenolic OH excluding ortho intramolecular Hbond substituents is 1. The van der Waals surface area contributed by atoms with Gasteiger partial charge >= 0.3 is 0 Å². The van der Waals surface area contributed by atoms with Crippen LogP contribution in [0.15, 0.2) is 46.9 Å². The fourth-order valence-corrected chi connectivity index (χ4v) is 3.39. The summed E-state index contributed by atoms with van der Waals surface area (Å²) in [6.07, 6.45) is 0.701. The zero-order valence-corrected chi connectivity index (χ0v) is 15.4. The van der Waals surface area contributed by atoms with Crippen molar-refractivity contribution in [1.29, 1.82) is 0 Å². The van der Waals surface area contributed by atoms with Crippen LogP contribution in [0, 0.1) is 5.82 Å². The molecule has 0 aromatic heterocycles. The maximum Gasteiger partial charge on any atom is 0.223 e. The Morgan fingerprint density at radius 2 is 1.84 bits per heavy atom. The van der Waals surface area contributed by atoms with Gasteiger partial charge in [-0.2, -0.15) is 0 Å². The number of phenols is 1. The Bertz CT molecular complexity index is 761. The third kappa shape index (κ3) is 4.31. The van der Waals surface area contributed by atoms with Gasteiger partial charge in [-0.25, -0.2) is 4.39 Å². The Kier molecular flexibility index (Phi) is 5.58. The number of carbonyl (C=O) groups is 1. The summed E-state index contributed by atoms with van der Waals surface area (Å²) < 4.78 is 14.5. The predicted octanol–water partition coefficient (Wildman–Crippen LogP) is 3.58. The fraction of sp³-hybridized carbons (Fsp3) is 0.316. The summed E-state index contributed by atoms with van der Waals surface area (Å²) in [5, 5.41) is 9.93. The van der Waals surface area contributed by atoms with Gasteiger partial charge in [-0.05, 0) is 36.2 Å². The lowest BCUT2D eigenvalue weighted by Gasteiger charge is -2.36. The van der Waals surface area contributed by atoms with E-state index in [9.17, 15) is 14.3 Å². The molecule has 132 valence electrons. The van der Waals surface area contributed by atoms with Crippen LogP contribution in [0.2, 0.25) is 0 Å². The molecule has 3 rings (SSSR count). The summed E-state index contributed by atoms with van der Waals surface area (Å²) in [7, 11) is 0. The molecule has 0 saturated carbocycles. The number of carbonyl (C=O) groups excluding carboxylic acids is 1. The van der Waals surface area contributed by atoms with Gasteiger partial charge in [0.05, 0.1) is 5.69 Å². The molecule has 0 bridgehead atoms. The van der Waals surface area contributed by atoms with Crippen LogP contribution in [0.5, 0.6) is 5.75 Å². The second-order valence-corrected chi connectivity index (χ2v) is 7.01. The van der Waals surface area contributed by atoms with Crippen LogP contribution in [-0.2, 0) is 11.2 Å². The van der Waals surface area contributed by atoms with Gasteiger partial charge in [0.2, 0.25) is 5.91 Å². The largest absolute Gasteiger partial charge is 0.506 e. The van der Waals surface area contributed by atoms with Gasteiger partial charge < -0.3 is 14.9 Å². The van der Waals surface area contributed by atoms with Gasteiger partial charge in [-0.15, -0.1) is 0 Å². The number of aromatic hydroxyl groups is 1. The van der Waals surface area contributed by atoms with Crippen LogP contribution in [0.3, 0.4) is 0 Å². The first kappa shape index (κ1) is 17.7. The van der Waals surface area contributed by atoms with Crippen molar-refractivity contribution in [2.24, 2.45) is 0 Å². The van der Waals surface area contributed by atoms with E-state index in [0.29, 0.717) is 49.1 Å². The molecule has 1 fully saturated rings. The van der Waals surface area contributed by atoms with Gasteiger partial charge in [0.15, 0.2) is 0 Å². The SMILES string of the molecule is O=C(CCc1ccc(Br)cc1F)N1CCN(c2ccccc2O)CC1. The minimum absolute atomic E-state index is 0.0410. The molecule has 0 radical (unpaired) electrons. The summed E-state index contributed by atoms with van der Waals surface area (Å²) >= 11 is 3.23. The van der Waals surface area contributed by atoms with E-state index in [0.717, 1.165) is 5.69 Å². The highest BCUT2D eigenvalue weighted by atomic mass is 79.9. The van der Waals surface area contributed by atoms with Crippen molar-refractivity contribution in [3.63, 3.8) is 0 Å². The Balaban J connectivity index is 1.52. The topological polar surface area (TPSA) is 43.8 Å². The average Bonchev–Trinajstić information content (AvgIpc) is 2.61. The van der Waals surface area contributed by atoms with Crippen molar-refractivity contribution in [3.05, 3.63) is 58.3 Å². The van der Waals surface area contributed by atoms with Crippen LogP contribution in [0.1, 0.15) is 12.0 Å². The van der Waals surface area contributed by atoms with E-state index in [2.05, 4.69) is 20.8 Å². The van der Waals surface area contributed by atoms with Crippen molar-refractivity contribution in [1.82, 2.24) is 4.90 Å². The molecule has 6 heteroatoms. The zero-order chi connectivity index (χ0) is 17.8. The molecule has 0 atom stereocenters. The number of nitrogens with zero attached hydrogens (tertiary/aromatic N) is 2. The highest BCUT2D eigenvalue weighted by Crippen LogP contribution is 2.27. The molecule has 2 aromatic rings. The van der Waals surface area contributed by atoms with Gasteiger partial charge in [0.1, 0.15) is 11.6 Å². The maximum atomic E-state index is 13.8. The second kappa shape index (κ2) is 7.87. The van der Waals surface area contributed by atoms with Crippen molar-refractivity contribution in [2.45, 2.75) is 12.8 Å². The average molecular weight is 407 g/mol. The standard InChI is InChI=1S/C19H20BrFN2O2/c20-15-7-5-14(16(21)13-15)6-8-19(25)23-11-9-22(10-12-23)17-3-1-2-4-18(17)24/h1-5,7,13,24H,6,8-12H2. The number of amides is 1. The molecule has 1 aliphatic heterocycles. The van der Waals surface area contributed by atoms with Gasteiger partial charge in [0, 0.05) is 37.1 Å². The number of halogens is 2. The van der Waals surface area contributed by atoms with Crippen molar-refractivity contribution < 1.29 is 14.3 Å². The molecule has 1 aliphatic rings. The molecule has 0 spiro atoms. The molecular weight excluding hydrogens is 387 g/mol. The highest BCUT2D eigenvalue weighted by molar-refractivity contribution is 9.10. The quantitative estimate of drug-likeness (QED) is 0.843. The van der Waals surface area contributed by atoms with E-state index in [1.54, 1.807) is 24.3 Å². The predicted molar refractivity (Wildman–Crippen MR) is 99.3 cm³/mol. The Labute approximate surface area is 155 Å². The molecule has 1 amide bonds. The number of hydrogen-bond donors (Lipinski definition) is 1. The molecule has 1 heterocycles. The number of para-hydroxylation sites is 2. The molecule has 0 unspecified atom stereocenters. The summed E-state index contributed by atoms with van der Waals surface area (Å²) in [6, 6.07) is 12.1. The lowest BCUT2D eigenvalue weighted by Crippen LogP contribution is -2.48. The number of benzene rings is 2. The first-order valence-electron chi connectivity index (χ1n) is 8.29. The van der Waals surface area contributed by atoms with E-state index in [4.69, 9.17) is 0 Å². The number of aryl methyl sites for hydroxylation is 1. The van der Waals surface area contributed by atoms with E-state index < -0.39 is 0 Å². The third-order valence-electron chi connectivity index (χ3n) is 4.48. The molecule has 2 aromatic carbocycles. The van der Waals surface area contributed by atoms with Crippen LogP contribution in [0.25, 0.3) is 0 Å².